The van der Waals surface area contributed by atoms with Crippen LogP contribution in [0.1, 0.15) is 31.7 Å². The number of aliphatic hydroxyl groups is 1. The van der Waals surface area contributed by atoms with Gasteiger partial charge in [0.1, 0.15) is 0 Å². The van der Waals surface area contributed by atoms with E-state index in [0.717, 1.165) is 31.4 Å². The van der Waals surface area contributed by atoms with E-state index in [1.54, 1.807) is 13.2 Å². The van der Waals surface area contributed by atoms with E-state index in [1.165, 1.54) is 0 Å². The zero-order chi connectivity index (χ0) is 14.1. The minimum Gasteiger partial charge on any atom is -0.504 e. The zero-order valence-electron chi connectivity index (χ0n) is 11.9. The Hall–Kier alpha value is -1.26. The maximum Gasteiger partial charge on any atom is 0.162 e. The van der Waals surface area contributed by atoms with E-state index in [-0.39, 0.29) is 12.4 Å². The number of ether oxygens (including phenoxy) is 1. The molecule has 0 aliphatic carbocycles. The molecule has 0 saturated carbocycles. The Balaban J connectivity index is 2.47. The highest BCUT2D eigenvalue weighted by Gasteiger charge is 2.09. The third kappa shape index (κ3) is 5.09. The summed E-state index contributed by atoms with van der Waals surface area (Å²) in [6.07, 6.45) is 3.05. The number of para-hydroxylation sites is 1. The zero-order valence-corrected chi connectivity index (χ0v) is 11.9. The van der Waals surface area contributed by atoms with Gasteiger partial charge >= 0.3 is 0 Å². The second kappa shape index (κ2) is 8.77. The van der Waals surface area contributed by atoms with Gasteiger partial charge in [-0.2, -0.15) is 0 Å². The molecule has 0 aliphatic rings. The number of methoxy groups -OCH3 is 1. The first-order valence-electron chi connectivity index (χ1n) is 6.89. The number of aromatic hydroxyl groups is 1. The molecule has 0 saturated heterocycles. The molecule has 1 atom stereocenters. The second-order valence-corrected chi connectivity index (χ2v) is 4.77. The van der Waals surface area contributed by atoms with E-state index in [9.17, 15) is 5.11 Å². The van der Waals surface area contributed by atoms with Gasteiger partial charge < -0.3 is 20.3 Å². The lowest BCUT2D eigenvalue weighted by atomic mass is 10.00. The van der Waals surface area contributed by atoms with Crippen molar-refractivity contribution in [3.8, 4) is 11.5 Å². The predicted octanol–water partition coefficient (Wildman–Crippen LogP) is 2.29. The fourth-order valence-electron chi connectivity index (χ4n) is 2.23. The highest BCUT2D eigenvalue weighted by Crippen LogP contribution is 2.29. The van der Waals surface area contributed by atoms with E-state index >= 15 is 0 Å². The Bertz CT molecular complexity index is 362. The van der Waals surface area contributed by atoms with Crippen LogP contribution in [0.15, 0.2) is 18.2 Å². The lowest BCUT2D eigenvalue weighted by Gasteiger charge is -2.16. The highest BCUT2D eigenvalue weighted by molar-refractivity contribution is 5.45. The van der Waals surface area contributed by atoms with Gasteiger partial charge in [0.05, 0.1) is 7.11 Å². The van der Waals surface area contributed by atoms with Gasteiger partial charge in [-0.25, -0.2) is 0 Å². The minimum absolute atomic E-state index is 0.201. The van der Waals surface area contributed by atoms with E-state index in [4.69, 9.17) is 9.84 Å². The normalized spacial score (nSPS) is 12.4. The predicted molar refractivity (Wildman–Crippen MR) is 76.5 cm³/mol. The molecule has 1 aromatic rings. The van der Waals surface area contributed by atoms with Gasteiger partial charge in [0, 0.05) is 18.7 Å². The first-order chi connectivity index (χ1) is 9.22. The van der Waals surface area contributed by atoms with Crippen LogP contribution >= 0.6 is 0 Å². The van der Waals surface area contributed by atoms with Crippen LogP contribution < -0.4 is 10.1 Å². The number of benzene rings is 1. The molecule has 1 aromatic carbocycles. The molecule has 0 heterocycles. The quantitative estimate of drug-likeness (QED) is 0.642. The second-order valence-electron chi connectivity index (χ2n) is 4.77. The smallest absolute Gasteiger partial charge is 0.162 e. The Labute approximate surface area is 115 Å². The SMILES string of the molecule is CCCC(CCO)CNCc1cccc(OC)c1O. The fraction of sp³-hybridized carbons (Fsp3) is 0.600. The van der Waals surface area contributed by atoms with E-state index in [0.29, 0.717) is 18.2 Å². The summed E-state index contributed by atoms with van der Waals surface area (Å²) >= 11 is 0. The fourth-order valence-corrected chi connectivity index (χ4v) is 2.23. The summed E-state index contributed by atoms with van der Waals surface area (Å²) in [5.74, 6) is 1.19. The standard InChI is InChI=1S/C15H25NO3/c1-3-5-12(8-9-17)10-16-11-13-6-4-7-14(19-2)15(13)18/h4,6-7,12,16-18H,3,5,8-11H2,1-2H3. The van der Waals surface area contributed by atoms with Crippen molar-refractivity contribution in [1.82, 2.24) is 5.32 Å². The highest BCUT2D eigenvalue weighted by atomic mass is 16.5. The monoisotopic (exact) mass is 267 g/mol. The summed E-state index contributed by atoms with van der Waals surface area (Å²) in [4.78, 5) is 0. The van der Waals surface area contributed by atoms with Crippen LogP contribution in [0.3, 0.4) is 0 Å². The number of phenols is 1. The summed E-state index contributed by atoms with van der Waals surface area (Å²) in [5, 5.41) is 22.3. The third-order valence-corrected chi connectivity index (χ3v) is 3.29. The van der Waals surface area contributed by atoms with Crippen LogP contribution in [0, 0.1) is 5.92 Å². The molecule has 19 heavy (non-hydrogen) atoms. The number of nitrogens with one attached hydrogen (secondary N) is 1. The van der Waals surface area contributed by atoms with Gasteiger partial charge in [0.15, 0.2) is 11.5 Å². The van der Waals surface area contributed by atoms with Crippen molar-refractivity contribution in [2.75, 3.05) is 20.3 Å². The van der Waals surface area contributed by atoms with Crippen molar-refractivity contribution in [3.63, 3.8) is 0 Å². The Kier molecular flexibility index (Phi) is 7.30. The maximum atomic E-state index is 9.96. The van der Waals surface area contributed by atoms with Crippen LogP contribution in [-0.4, -0.2) is 30.5 Å². The van der Waals surface area contributed by atoms with Crippen LogP contribution in [0.2, 0.25) is 0 Å². The first-order valence-corrected chi connectivity index (χ1v) is 6.89. The molecule has 4 nitrogen and oxygen atoms in total. The van der Waals surface area contributed by atoms with Crippen molar-refractivity contribution >= 4 is 0 Å². The molecular weight excluding hydrogens is 242 g/mol. The molecule has 0 spiro atoms. The van der Waals surface area contributed by atoms with Crippen molar-refractivity contribution in [2.24, 2.45) is 5.92 Å². The van der Waals surface area contributed by atoms with Gasteiger partial charge in [-0.05, 0) is 31.4 Å². The van der Waals surface area contributed by atoms with Crippen molar-refractivity contribution < 1.29 is 14.9 Å². The minimum atomic E-state index is 0.201. The average Bonchev–Trinajstić information content (AvgIpc) is 2.41. The molecular formula is C15H25NO3. The van der Waals surface area contributed by atoms with Crippen molar-refractivity contribution in [1.29, 1.82) is 0 Å². The molecule has 0 bridgehead atoms. The van der Waals surface area contributed by atoms with Crippen LogP contribution in [-0.2, 0) is 6.54 Å². The van der Waals surface area contributed by atoms with E-state index in [2.05, 4.69) is 12.2 Å². The lowest BCUT2D eigenvalue weighted by molar-refractivity contribution is 0.248. The number of rotatable bonds is 9. The molecule has 1 unspecified atom stereocenters. The maximum absolute atomic E-state index is 9.96. The largest absolute Gasteiger partial charge is 0.504 e. The van der Waals surface area contributed by atoms with Gasteiger partial charge in [0.2, 0.25) is 0 Å². The molecule has 0 aromatic heterocycles. The van der Waals surface area contributed by atoms with Crippen LogP contribution in [0.25, 0.3) is 0 Å². The topological polar surface area (TPSA) is 61.7 Å². The average molecular weight is 267 g/mol. The summed E-state index contributed by atoms with van der Waals surface area (Å²) in [5.41, 5.74) is 0.832. The van der Waals surface area contributed by atoms with Gasteiger partial charge in [-0.15, -0.1) is 0 Å². The first kappa shape index (κ1) is 15.8. The molecule has 3 N–H and O–H groups in total. The summed E-state index contributed by atoms with van der Waals surface area (Å²) in [6, 6.07) is 5.49. The molecule has 0 fully saturated rings. The Morgan fingerprint density at radius 3 is 2.74 bits per heavy atom. The van der Waals surface area contributed by atoms with Gasteiger partial charge in [-0.1, -0.05) is 25.5 Å². The number of hydrogen-bond acceptors (Lipinski definition) is 4. The number of aliphatic hydroxyl groups excluding tert-OH is 1. The third-order valence-electron chi connectivity index (χ3n) is 3.29. The van der Waals surface area contributed by atoms with Crippen LogP contribution in [0.5, 0.6) is 11.5 Å². The summed E-state index contributed by atoms with van der Waals surface area (Å²) < 4.78 is 5.08. The van der Waals surface area contributed by atoms with Crippen molar-refractivity contribution in [2.45, 2.75) is 32.7 Å². The van der Waals surface area contributed by atoms with Crippen LogP contribution in [0.4, 0.5) is 0 Å². The molecule has 1 rings (SSSR count). The van der Waals surface area contributed by atoms with E-state index < -0.39 is 0 Å². The number of hydrogen-bond donors (Lipinski definition) is 3. The molecule has 4 heteroatoms. The summed E-state index contributed by atoms with van der Waals surface area (Å²) in [6.45, 7) is 3.84. The Morgan fingerprint density at radius 2 is 2.11 bits per heavy atom. The molecule has 108 valence electrons. The molecule has 0 radical (unpaired) electrons. The Morgan fingerprint density at radius 1 is 1.32 bits per heavy atom. The van der Waals surface area contributed by atoms with Gasteiger partial charge in [-0.3, -0.25) is 0 Å². The molecule has 0 amide bonds. The number of phenolic OH excluding ortho intramolecular Hbond substituents is 1. The van der Waals surface area contributed by atoms with Gasteiger partial charge in [0.25, 0.3) is 0 Å². The summed E-state index contributed by atoms with van der Waals surface area (Å²) in [7, 11) is 1.55. The lowest BCUT2D eigenvalue weighted by Crippen LogP contribution is -2.23. The van der Waals surface area contributed by atoms with Crippen molar-refractivity contribution in [3.05, 3.63) is 23.8 Å². The molecule has 0 aliphatic heterocycles. The van der Waals surface area contributed by atoms with E-state index in [1.807, 2.05) is 12.1 Å².